The van der Waals surface area contributed by atoms with Gasteiger partial charge in [-0.2, -0.15) is 0 Å². The minimum absolute atomic E-state index is 0.268. The molecular formula is C13H14ClN3O3. The first-order valence-electron chi connectivity index (χ1n) is 5.95. The fraction of sp³-hybridized carbons (Fsp3) is 0.231. The number of hydrogen-bond acceptors (Lipinski definition) is 4. The average molecular weight is 296 g/mol. The lowest BCUT2D eigenvalue weighted by molar-refractivity contribution is 0.198. The molecule has 0 unspecified atom stereocenters. The van der Waals surface area contributed by atoms with E-state index in [-0.39, 0.29) is 11.9 Å². The lowest BCUT2D eigenvalue weighted by Crippen LogP contribution is -2.31. The number of urea groups is 1. The zero-order chi connectivity index (χ0) is 14.4. The van der Waals surface area contributed by atoms with E-state index in [4.69, 9.17) is 20.9 Å². The molecule has 20 heavy (non-hydrogen) atoms. The van der Waals surface area contributed by atoms with Gasteiger partial charge in [-0.3, -0.25) is 5.32 Å². The molecule has 2 rings (SSSR count). The van der Waals surface area contributed by atoms with E-state index in [1.54, 1.807) is 25.3 Å². The topological polar surface area (TPSA) is 76.4 Å². The van der Waals surface area contributed by atoms with Crippen molar-refractivity contribution < 1.29 is 14.1 Å². The summed E-state index contributed by atoms with van der Waals surface area (Å²) in [5.41, 5.74) is 1.47. The summed E-state index contributed by atoms with van der Waals surface area (Å²) in [6, 6.07) is 8.43. The normalized spacial score (nSPS) is 10.3. The molecule has 0 radical (unpaired) electrons. The molecule has 2 amide bonds. The number of anilines is 1. The van der Waals surface area contributed by atoms with E-state index in [2.05, 4.69) is 15.8 Å². The van der Waals surface area contributed by atoms with E-state index < -0.39 is 0 Å². The third kappa shape index (κ3) is 3.97. The molecule has 0 fully saturated rings. The van der Waals surface area contributed by atoms with E-state index in [1.807, 2.05) is 12.1 Å². The van der Waals surface area contributed by atoms with Gasteiger partial charge in [-0.25, -0.2) is 4.79 Å². The largest absolute Gasteiger partial charge is 0.383 e. The van der Waals surface area contributed by atoms with Crippen LogP contribution >= 0.6 is 11.6 Å². The molecule has 0 aliphatic rings. The number of hydrogen-bond donors (Lipinski definition) is 2. The van der Waals surface area contributed by atoms with Gasteiger partial charge in [-0.15, -0.1) is 0 Å². The quantitative estimate of drug-likeness (QED) is 0.832. The Bertz CT molecular complexity index is 568. The molecule has 1 aromatic carbocycles. The minimum Gasteiger partial charge on any atom is -0.383 e. The van der Waals surface area contributed by atoms with Gasteiger partial charge in [0.1, 0.15) is 5.69 Å². The molecule has 106 valence electrons. The van der Waals surface area contributed by atoms with Gasteiger partial charge in [-0.05, 0) is 12.1 Å². The van der Waals surface area contributed by atoms with E-state index in [1.165, 1.54) is 0 Å². The van der Waals surface area contributed by atoms with Gasteiger partial charge in [0.15, 0.2) is 0 Å². The van der Waals surface area contributed by atoms with Gasteiger partial charge >= 0.3 is 6.03 Å². The van der Waals surface area contributed by atoms with Crippen LogP contribution in [0.25, 0.3) is 11.3 Å². The Labute approximate surface area is 121 Å². The molecule has 2 aromatic rings. The predicted molar refractivity (Wildman–Crippen MR) is 75.8 cm³/mol. The monoisotopic (exact) mass is 295 g/mol. The second-order valence-electron chi connectivity index (χ2n) is 3.96. The summed E-state index contributed by atoms with van der Waals surface area (Å²) < 4.78 is 9.87. The highest BCUT2D eigenvalue weighted by molar-refractivity contribution is 6.30. The third-order valence-corrected chi connectivity index (χ3v) is 2.73. The fourth-order valence-corrected chi connectivity index (χ4v) is 1.64. The number of ether oxygens (including phenoxy) is 1. The van der Waals surface area contributed by atoms with Crippen molar-refractivity contribution in [2.75, 3.05) is 25.6 Å². The summed E-state index contributed by atoms with van der Waals surface area (Å²) in [6.45, 7) is 0.861. The SMILES string of the molecule is COCCNC(=O)Nc1cc(-c2ccc(Cl)cc2)no1. The van der Waals surface area contributed by atoms with E-state index in [0.717, 1.165) is 5.56 Å². The van der Waals surface area contributed by atoms with Crippen LogP contribution in [0.15, 0.2) is 34.9 Å². The van der Waals surface area contributed by atoms with Crippen LogP contribution in [0, 0.1) is 0 Å². The van der Waals surface area contributed by atoms with Crippen molar-refractivity contribution in [1.82, 2.24) is 10.5 Å². The van der Waals surface area contributed by atoms with Gasteiger partial charge in [0.05, 0.1) is 6.61 Å². The van der Waals surface area contributed by atoms with Crippen molar-refractivity contribution in [3.63, 3.8) is 0 Å². The van der Waals surface area contributed by atoms with Gasteiger partial charge < -0.3 is 14.6 Å². The number of aromatic nitrogens is 1. The molecule has 0 saturated heterocycles. The maximum Gasteiger partial charge on any atom is 0.321 e. The Morgan fingerprint density at radius 3 is 2.85 bits per heavy atom. The van der Waals surface area contributed by atoms with Crippen LogP contribution < -0.4 is 10.6 Å². The molecule has 0 aliphatic heterocycles. The van der Waals surface area contributed by atoms with Crippen molar-refractivity contribution in [2.45, 2.75) is 0 Å². The van der Waals surface area contributed by atoms with E-state index >= 15 is 0 Å². The summed E-state index contributed by atoms with van der Waals surface area (Å²) >= 11 is 5.81. The van der Waals surface area contributed by atoms with Crippen molar-refractivity contribution in [3.05, 3.63) is 35.4 Å². The van der Waals surface area contributed by atoms with E-state index in [0.29, 0.717) is 23.9 Å². The first-order valence-corrected chi connectivity index (χ1v) is 6.33. The number of rotatable bonds is 5. The maximum atomic E-state index is 11.5. The molecule has 0 spiro atoms. The van der Waals surface area contributed by atoms with Crippen LogP contribution in [-0.4, -0.2) is 31.4 Å². The number of carbonyl (C=O) groups excluding carboxylic acids is 1. The number of carbonyl (C=O) groups is 1. The predicted octanol–water partition coefficient (Wildman–Crippen LogP) is 2.76. The Hall–Kier alpha value is -2.05. The van der Waals surface area contributed by atoms with Gasteiger partial charge in [0.25, 0.3) is 0 Å². The van der Waals surface area contributed by atoms with Gasteiger partial charge in [0.2, 0.25) is 5.88 Å². The number of methoxy groups -OCH3 is 1. The number of nitrogens with one attached hydrogen (secondary N) is 2. The third-order valence-electron chi connectivity index (χ3n) is 2.48. The molecule has 0 saturated carbocycles. The van der Waals surface area contributed by atoms with Crippen LogP contribution in [0.2, 0.25) is 5.02 Å². The van der Waals surface area contributed by atoms with Crippen LogP contribution in [0.3, 0.4) is 0 Å². The number of benzene rings is 1. The molecule has 7 heteroatoms. The first-order chi connectivity index (χ1) is 9.69. The number of halogens is 1. The Morgan fingerprint density at radius 1 is 1.40 bits per heavy atom. The standard InChI is InChI=1S/C13H14ClN3O3/c1-19-7-6-15-13(18)16-12-8-11(17-20-12)9-2-4-10(14)5-3-9/h2-5,8H,6-7H2,1H3,(H2,15,16,18). The second-order valence-corrected chi connectivity index (χ2v) is 4.39. The second kappa shape index (κ2) is 6.93. The summed E-state index contributed by atoms with van der Waals surface area (Å²) in [6.07, 6.45) is 0. The summed E-state index contributed by atoms with van der Waals surface area (Å²) in [5.74, 6) is 0.268. The molecule has 0 bridgehead atoms. The summed E-state index contributed by atoms with van der Waals surface area (Å²) in [7, 11) is 1.56. The van der Waals surface area contributed by atoms with Crippen molar-refractivity contribution >= 4 is 23.5 Å². The lowest BCUT2D eigenvalue weighted by atomic mass is 10.1. The summed E-state index contributed by atoms with van der Waals surface area (Å²) in [4.78, 5) is 11.5. The molecule has 0 aliphatic carbocycles. The Balaban J connectivity index is 1.95. The zero-order valence-electron chi connectivity index (χ0n) is 10.9. The molecule has 1 aromatic heterocycles. The molecular weight excluding hydrogens is 282 g/mol. The van der Waals surface area contributed by atoms with Crippen LogP contribution in [0.5, 0.6) is 0 Å². The smallest absolute Gasteiger partial charge is 0.321 e. The molecule has 1 heterocycles. The van der Waals surface area contributed by atoms with Gasteiger partial charge in [0, 0.05) is 30.3 Å². The zero-order valence-corrected chi connectivity index (χ0v) is 11.6. The average Bonchev–Trinajstić information content (AvgIpc) is 2.88. The highest BCUT2D eigenvalue weighted by Gasteiger charge is 2.09. The molecule has 6 nitrogen and oxygen atoms in total. The maximum absolute atomic E-state index is 11.5. The van der Waals surface area contributed by atoms with Crippen molar-refractivity contribution in [1.29, 1.82) is 0 Å². The van der Waals surface area contributed by atoms with Gasteiger partial charge in [-0.1, -0.05) is 28.9 Å². The van der Waals surface area contributed by atoms with Crippen LogP contribution in [-0.2, 0) is 4.74 Å². The summed E-state index contributed by atoms with van der Waals surface area (Å²) in [5, 5.41) is 9.68. The van der Waals surface area contributed by atoms with E-state index in [9.17, 15) is 4.79 Å². The highest BCUT2D eigenvalue weighted by atomic mass is 35.5. The molecule has 0 atom stereocenters. The van der Waals surface area contributed by atoms with Crippen molar-refractivity contribution in [2.24, 2.45) is 0 Å². The lowest BCUT2D eigenvalue weighted by Gasteiger charge is -2.03. The Kier molecular flexibility index (Phi) is 4.97. The highest BCUT2D eigenvalue weighted by Crippen LogP contribution is 2.23. The van der Waals surface area contributed by atoms with Crippen LogP contribution in [0.4, 0.5) is 10.7 Å². The number of amides is 2. The number of nitrogens with zero attached hydrogens (tertiary/aromatic N) is 1. The van der Waals surface area contributed by atoms with Crippen LogP contribution in [0.1, 0.15) is 0 Å². The molecule has 2 N–H and O–H groups in total. The minimum atomic E-state index is -0.374. The Morgan fingerprint density at radius 2 is 2.15 bits per heavy atom. The fourth-order valence-electron chi connectivity index (χ4n) is 1.51. The van der Waals surface area contributed by atoms with Crippen molar-refractivity contribution in [3.8, 4) is 11.3 Å². The first kappa shape index (κ1) is 14.4.